The monoisotopic (exact) mass is 145 g/mol. The molecule has 0 spiro atoms. The smallest absolute Gasteiger partial charge is 0.00472 e. The predicted octanol–water partition coefficient (Wildman–Crippen LogP) is 3.13. The van der Waals surface area contributed by atoms with Crippen LogP contribution < -0.4 is 0 Å². The van der Waals surface area contributed by atoms with Crippen molar-refractivity contribution in [2.75, 3.05) is 5.75 Å². The Hall–Kier alpha value is 0.350. The quantitative estimate of drug-likeness (QED) is 0.536. The summed E-state index contributed by atoms with van der Waals surface area (Å²) in [7, 11) is 0. The maximum atomic E-state index is 2.25. The Morgan fingerprint density at radius 3 is 2.67 bits per heavy atom. The summed E-state index contributed by atoms with van der Waals surface area (Å²) < 4.78 is 0. The second-order valence-corrected chi connectivity index (χ2v) is 3.75. The maximum Gasteiger partial charge on any atom is 0.00472 e. The molecule has 0 aliphatic rings. The van der Waals surface area contributed by atoms with E-state index in [1.54, 1.807) is 0 Å². The van der Waals surface area contributed by atoms with Crippen molar-refractivity contribution < 1.29 is 0 Å². The summed E-state index contributed by atoms with van der Waals surface area (Å²) in [6, 6.07) is 0. The highest BCUT2D eigenvalue weighted by Crippen LogP contribution is 2.13. The molecule has 0 saturated carbocycles. The summed E-state index contributed by atoms with van der Waals surface area (Å²) in [5.41, 5.74) is 0. The van der Waals surface area contributed by atoms with Crippen LogP contribution in [0.1, 0.15) is 33.6 Å². The molecule has 0 fully saturated rings. The lowest BCUT2D eigenvalue weighted by Crippen LogP contribution is -1.94. The van der Waals surface area contributed by atoms with Crippen LogP contribution in [0.5, 0.6) is 0 Å². The zero-order valence-electron chi connectivity index (χ0n) is 6.68. The van der Waals surface area contributed by atoms with Crippen LogP contribution in [0.4, 0.5) is 0 Å². The molecule has 1 radical (unpaired) electrons. The maximum absolute atomic E-state index is 2.25. The van der Waals surface area contributed by atoms with Crippen molar-refractivity contribution in [1.29, 1.82) is 0 Å². The summed E-state index contributed by atoms with van der Waals surface area (Å²) in [6.45, 7) is 6.62. The minimum atomic E-state index is 0.747. The average molecular weight is 145 g/mol. The first kappa shape index (κ1) is 9.35. The largest absolute Gasteiger partial charge is 0.159 e. The lowest BCUT2D eigenvalue weighted by atomic mass is 10.4. The lowest BCUT2D eigenvalue weighted by Gasteiger charge is -2.05. The number of hydrogen-bond donors (Lipinski definition) is 0. The van der Waals surface area contributed by atoms with Crippen molar-refractivity contribution in [3.63, 3.8) is 0 Å². The van der Waals surface area contributed by atoms with Crippen molar-refractivity contribution in [3.05, 3.63) is 6.42 Å². The zero-order chi connectivity index (χ0) is 7.11. The van der Waals surface area contributed by atoms with E-state index in [0.717, 1.165) is 5.25 Å². The Kier molecular flexibility index (Phi) is 6.72. The van der Waals surface area contributed by atoms with E-state index in [1.807, 2.05) is 11.8 Å². The van der Waals surface area contributed by atoms with Crippen molar-refractivity contribution >= 4 is 11.8 Å². The highest BCUT2D eigenvalue weighted by Gasteiger charge is 1.96. The van der Waals surface area contributed by atoms with Crippen LogP contribution in [0.2, 0.25) is 0 Å². The van der Waals surface area contributed by atoms with Gasteiger partial charge >= 0.3 is 0 Å². The molecule has 0 saturated heterocycles. The van der Waals surface area contributed by atoms with Gasteiger partial charge in [0.15, 0.2) is 0 Å². The SMILES string of the molecule is C[CH]C(C)SCCCC. The van der Waals surface area contributed by atoms with Crippen LogP contribution in [-0.2, 0) is 0 Å². The number of rotatable bonds is 5. The van der Waals surface area contributed by atoms with E-state index in [2.05, 4.69) is 27.2 Å². The minimum absolute atomic E-state index is 0.747. The summed E-state index contributed by atoms with van der Waals surface area (Å²) >= 11 is 2.05. The van der Waals surface area contributed by atoms with Crippen LogP contribution in [0.3, 0.4) is 0 Å². The molecule has 0 nitrogen and oxygen atoms in total. The van der Waals surface area contributed by atoms with Crippen LogP contribution in [0.15, 0.2) is 0 Å². The van der Waals surface area contributed by atoms with Gasteiger partial charge in [-0.25, -0.2) is 0 Å². The molecule has 0 aromatic heterocycles. The Morgan fingerprint density at radius 1 is 1.56 bits per heavy atom. The second kappa shape index (κ2) is 6.47. The molecule has 0 heterocycles. The van der Waals surface area contributed by atoms with E-state index in [-0.39, 0.29) is 0 Å². The molecule has 1 unspecified atom stereocenters. The fourth-order valence-corrected chi connectivity index (χ4v) is 1.53. The van der Waals surface area contributed by atoms with Gasteiger partial charge in [0.1, 0.15) is 0 Å². The summed E-state index contributed by atoms with van der Waals surface area (Å²) in [4.78, 5) is 0. The standard InChI is InChI=1S/C8H17S/c1-4-6-7-9-8(3)5-2/h5,8H,4,6-7H2,1-3H3. The fourth-order valence-electron chi connectivity index (χ4n) is 0.510. The second-order valence-electron chi connectivity index (χ2n) is 2.26. The van der Waals surface area contributed by atoms with Gasteiger partial charge in [-0.3, -0.25) is 0 Å². The fraction of sp³-hybridized carbons (Fsp3) is 0.875. The third-order valence-corrected chi connectivity index (χ3v) is 2.67. The average Bonchev–Trinajstić information content (AvgIpc) is 1.89. The first-order chi connectivity index (χ1) is 4.31. The van der Waals surface area contributed by atoms with Gasteiger partial charge in [-0.2, -0.15) is 11.8 Å². The first-order valence-electron chi connectivity index (χ1n) is 3.72. The Bertz CT molecular complexity index is 52.5. The molecule has 0 aliphatic carbocycles. The van der Waals surface area contributed by atoms with Crippen LogP contribution in [0, 0.1) is 6.42 Å². The topological polar surface area (TPSA) is 0 Å². The van der Waals surface area contributed by atoms with E-state index in [9.17, 15) is 0 Å². The first-order valence-corrected chi connectivity index (χ1v) is 4.77. The van der Waals surface area contributed by atoms with Crippen molar-refractivity contribution in [2.24, 2.45) is 0 Å². The van der Waals surface area contributed by atoms with Crippen molar-refractivity contribution in [2.45, 2.75) is 38.9 Å². The van der Waals surface area contributed by atoms with Crippen LogP contribution >= 0.6 is 11.8 Å². The van der Waals surface area contributed by atoms with E-state index >= 15 is 0 Å². The molecule has 0 aromatic rings. The van der Waals surface area contributed by atoms with Gasteiger partial charge in [0, 0.05) is 5.25 Å². The molecule has 0 aromatic carbocycles. The molecule has 0 aliphatic heterocycles. The Morgan fingerprint density at radius 2 is 2.22 bits per heavy atom. The molecule has 55 valence electrons. The molecular formula is C8H17S. The van der Waals surface area contributed by atoms with Gasteiger partial charge in [0.2, 0.25) is 0 Å². The number of unbranched alkanes of at least 4 members (excludes halogenated alkanes) is 1. The molecule has 0 N–H and O–H groups in total. The van der Waals surface area contributed by atoms with Gasteiger partial charge in [0.05, 0.1) is 0 Å². The van der Waals surface area contributed by atoms with Gasteiger partial charge in [0.25, 0.3) is 0 Å². The van der Waals surface area contributed by atoms with Gasteiger partial charge < -0.3 is 0 Å². The molecule has 1 heteroatoms. The third-order valence-electron chi connectivity index (χ3n) is 1.35. The Balaban J connectivity index is 2.88. The van der Waals surface area contributed by atoms with Crippen LogP contribution in [0.25, 0.3) is 0 Å². The summed E-state index contributed by atoms with van der Waals surface area (Å²) in [5.74, 6) is 1.32. The highest BCUT2D eigenvalue weighted by molar-refractivity contribution is 7.99. The molecule has 1 atom stereocenters. The molecule has 9 heavy (non-hydrogen) atoms. The number of hydrogen-bond acceptors (Lipinski definition) is 1. The van der Waals surface area contributed by atoms with E-state index < -0.39 is 0 Å². The molecule has 0 rings (SSSR count). The third kappa shape index (κ3) is 6.23. The molecule has 0 amide bonds. The van der Waals surface area contributed by atoms with E-state index in [1.165, 1.54) is 18.6 Å². The van der Waals surface area contributed by atoms with Gasteiger partial charge in [-0.15, -0.1) is 0 Å². The van der Waals surface area contributed by atoms with Crippen molar-refractivity contribution in [1.82, 2.24) is 0 Å². The van der Waals surface area contributed by atoms with Gasteiger partial charge in [-0.05, 0) is 18.6 Å². The number of thioether (sulfide) groups is 1. The normalized spacial score (nSPS) is 13.7. The van der Waals surface area contributed by atoms with Gasteiger partial charge in [-0.1, -0.05) is 27.2 Å². The summed E-state index contributed by atoms with van der Waals surface area (Å²) in [5, 5.41) is 0.747. The van der Waals surface area contributed by atoms with E-state index in [4.69, 9.17) is 0 Å². The molecule has 0 bridgehead atoms. The van der Waals surface area contributed by atoms with E-state index in [0.29, 0.717) is 0 Å². The predicted molar refractivity (Wildman–Crippen MR) is 46.8 cm³/mol. The van der Waals surface area contributed by atoms with Crippen LogP contribution in [-0.4, -0.2) is 11.0 Å². The molecular weight excluding hydrogens is 128 g/mol. The van der Waals surface area contributed by atoms with Crippen molar-refractivity contribution in [3.8, 4) is 0 Å². The summed E-state index contributed by atoms with van der Waals surface area (Å²) in [6.07, 6.45) is 4.94. The zero-order valence-corrected chi connectivity index (χ0v) is 7.50. The highest BCUT2D eigenvalue weighted by atomic mass is 32.2. The lowest BCUT2D eigenvalue weighted by molar-refractivity contribution is 0.893. The minimum Gasteiger partial charge on any atom is -0.159 e. The Labute approximate surface area is 63.4 Å².